The molecule has 1 aromatic carbocycles. The molecule has 0 spiro atoms. The van der Waals surface area contributed by atoms with Crippen molar-refractivity contribution in [1.29, 1.82) is 0 Å². The molecule has 0 amide bonds. The summed E-state index contributed by atoms with van der Waals surface area (Å²) in [6.45, 7) is 0. The summed E-state index contributed by atoms with van der Waals surface area (Å²) in [6, 6.07) is 6.45. The quantitative estimate of drug-likeness (QED) is 0.713. The van der Waals surface area contributed by atoms with E-state index in [0.717, 1.165) is 0 Å². The Morgan fingerprint density at radius 2 is 1.71 bits per heavy atom. The topological polar surface area (TPSA) is 80.7 Å². The van der Waals surface area contributed by atoms with Crippen LogP contribution in [0.25, 0.3) is 0 Å². The number of hydrogen-bond donors (Lipinski definition) is 1. The lowest BCUT2D eigenvalue weighted by molar-refractivity contribution is -0.187. The van der Waals surface area contributed by atoms with Gasteiger partial charge in [-0.15, -0.1) is 0 Å². The fraction of sp³-hybridized carbons (Fsp3) is 0.267. The van der Waals surface area contributed by atoms with Crippen molar-refractivity contribution < 1.29 is 24.2 Å². The number of ether oxygens (including phenoxy) is 1. The molecule has 0 aromatic heterocycles. The van der Waals surface area contributed by atoms with E-state index in [4.69, 9.17) is 4.74 Å². The summed E-state index contributed by atoms with van der Waals surface area (Å²) >= 11 is 3.14. The number of Topliss-reactive ketones (excluding diaryl/α,β-unsaturated/α-hetero) is 2. The lowest BCUT2D eigenvalue weighted by Gasteiger charge is -2.49. The summed E-state index contributed by atoms with van der Waals surface area (Å²) in [5.41, 5.74) is -1.54. The number of fused-ring (bicyclic) bond motifs is 2. The minimum absolute atomic E-state index is 0.193. The molecule has 6 heteroatoms. The number of rotatable bonds is 0. The number of hydrogen-bond acceptors (Lipinski definition) is 5. The molecular formula is C15H9BrO5. The van der Waals surface area contributed by atoms with Crippen molar-refractivity contribution in [3.8, 4) is 0 Å². The molecule has 5 nitrogen and oxygen atoms in total. The fourth-order valence-corrected chi connectivity index (χ4v) is 4.10. The molecule has 0 radical (unpaired) electrons. The summed E-state index contributed by atoms with van der Waals surface area (Å²) < 4.78 is 5.29. The van der Waals surface area contributed by atoms with E-state index < -0.39 is 35.3 Å². The maximum atomic E-state index is 12.7. The molecule has 1 fully saturated rings. The Kier molecular flexibility index (Phi) is 2.40. The van der Waals surface area contributed by atoms with Gasteiger partial charge in [0.25, 0.3) is 0 Å². The second kappa shape index (κ2) is 3.90. The van der Waals surface area contributed by atoms with E-state index in [1.165, 1.54) is 6.08 Å². The third-order valence-electron chi connectivity index (χ3n) is 4.44. The second-order valence-corrected chi connectivity index (χ2v) is 6.28. The van der Waals surface area contributed by atoms with Crippen LogP contribution >= 0.6 is 15.9 Å². The van der Waals surface area contributed by atoms with Crippen molar-refractivity contribution >= 4 is 33.5 Å². The van der Waals surface area contributed by atoms with Crippen molar-refractivity contribution in [2.45, 2.75) is 11.7 Å². The van der Waals surface area contributed by atoms with E-state index in [1.54, 1.807) is 24.3 Å². The first-order valence-electron chi connectivity index (χ1n) is 6.45. The average Bonchev–Trinajstić information content (AvgIpc) is 2.47. The highest BCUT2D eigenvalue weighted by Gasteiger charge is 2.66. The Bertz CT molecular complexity index is 752. The second-order valence-electron chi connectivity index (χ2n) is 5.43. The van der Waals surface area contributed by atoms with Gasteiger partial charge in [0.2, 0.25) is 5.60 Å². The van der Waals surface area contributed by atoms with Crippen LogP contribution in [0.5, 0.6) is 0 Å². The number of esters is 1. The largest absolute Gasteiger partial charge is 0.455 e. The summed E-state index contributed by atoms with van der Waals surface area (Å²) in [5, 5.41) is 10.7. The lowest BCUT2D eigenvalue weighted by atomic mass is 9.60. The van der Waals surface area contributed by atoms with Gasteiger partial charge in [-0.25, -0.2) is 4.79 Å². The number of carbonyl (C=O) groups is 3. The van der Waals surface area contributed by atoms with Crippen LogP contribution in [0.4, 0.5) is 0 Å². The molecule has 2 bridgehead atoms. The van der Waals surface area contributed by atoms with E-state index in [0.29, 0.717) is 5.56 Å². The molecule has 21 heavy (non-hydrogen) atoms. The Morgan fingerprint density at radius 3 is 2.33 bits per heavy atom. The molecule has 2 aliphatic heterocycles. The average molecular weight is 349 g/mol. The maximum absolute atomic E-state index is 12.7. The Balaban J connectivity index is 1.99. The molecule has 4 aliphatic rings. The van der Waals surface area contributed by atoms with E-state index in [-0.39, 0.29) is 15.8 Å². The number of aliphatic hydroxyl groups is 1. The Labute approximate surface area is 127 Å². The Hall–Kier alpha value is -1.79. The third-order valence-corrected chi connectivity index (χ3v) is 5.30. The van der Waals surface area contributed by atoms with Crippen molar-refractivity contribution in [3.05, 3.63) is 46.0 Å². The normalized spacial score (nSPS) is 36.8. The zero-order valence-corrected chi connectivity index (χ0v) is 12.2. The van der Waals surface area contributed by atoms with Gasteiger partial charge in [0.05, 0.1) is 11.8 Å². The van der Waals surface area contributed by atoms with Crippen LogP contribution in [0.15, 0.2) is 34.8 Å². The summed E-state index contributed by atoms with van der Waals surface area (Å²) in [4.78, 5) is 37.4. The number of halogens is 1. The first kappa shape index (κ1) is 12.9. The van der Waals surface area contributed by atoms with Gasteiger partial charge in [-0.3, -0.25) is 9.59 Å². The van der Waals surface area contributed by atoms with Gasteiger partial charge in [-0.1, -0.05) is 40.2 Å². The van der Waals surface area contributed by atoms with Crippen molar-refractivity contribution in [1.82, 2.24) is 0 Å². The molecule has 1 N–H and O–H groups in total. The molecule has 4 atom stereocenters. The van der Waals surface area contributed by atoms with Crippen molar-refractivity contribution in [2.24, 2.45) is 11.8 Å². The molecule has 106 valence electrons. The van der Waals surface area contributed by atoms with Crippen molar-refractivity contribution in [3.63, 3.8) is 0 Å². The highest BCUT2D eigenvalue weighted by atomic mass is 79.9. The lowest BCUT2D eigenvalue weighted by Crippen LogP contribution is -2.66. The van der Waals surface area contributed by atoms with Gasteiger partial charge in [0.15, 0.2) is 11.6 Å². The fourth-order valence-electron chi connectivity index (χ4n) is 3.43. The van der Waals surface area contributed by atoms with Gasteiger partial charge in [0, 0.05) is 15.6 Å². The maximum Gasteiger partial charge on any atom is 0.344 e. The van der Waals surface area contributed by atoms with E-state index >= 15 is 0 Å². The summed E-state index contributed by atoms with van der Waals surface area (Å²) in [6.07, 6.45) is 0.664. The first-order chi connectivity index (χ1) is 9.96. The minimum Gasteiger partial charge on any atom is -0.455 e. The van der Waals surface area contributed by atoms with Crippen LogP contribution < -0.4 is 0 Å². The number of ketones is 2. The van der Waals surface area contributed by atoms with E-state index in [2.05, 4.69) is 15.9 Å². The SMILES string of the molecule is O=C1c2ccccc2C(=O)C2C1C1C=C(Br)C2(O)C(=O)O1. The number of carbonyl (C=O) groups excluding carboxylic acids is 3. The predicted octanol–water partition coefficient (Wildman–Crippen LogP) is 1.25. The molecule has 5 rings (SSSR count). The highest BCUT2D eigenvalue weighted by molar-refractivity contribution is 9.11. The summed E-state index contributed by atoms with van der Waals surface area (Å²) in [5.74, 6) is -3.56. The van der Waals surface area contributed by atoms with Crippen LogP contribution in [0.3, 0.4) is 0 Å². The minimum atomic E-state index is -2.11. The van der Waals surface area contributed by atoms with Gasteiger partial charge < -0.3 is 9.84 Å². The smallest absolute Gasteiger partial charge is 0.344 e. The standard InChI is InChI=1S/C15H9BrO5/c16-9-5-8-10-11(15(9,20)14(19)21-8)13(18)7-4-2-1-3-6(7)12(10)17/h1-5,8,10-11,20H. The van der Waals surface area contributed by atoms with Gasteiger partial charge in [-0.2, -0.15) is 0 Å². The van der Waals surface area contributed by atoms with Gasteiger partial charge in [-0.05, 0) is 6.08 Å². The molecule has 0 saturated carbocycles. The zero-order chi connectivity index (χ0) is 14.9. The first-order valence-corrected chi connectivity index (χ1v) is 7.24. The van der Waals surface area contributed by atoms with Crippen LogP contribution in [0, 0.1) is 11.8 Å². The molecular weight excluding hydrogens is 340 g/mol. The van der Waals surface area contributed by atoms with Gasteiger partial charge >= 0.3 is 5.97 Å². The highest BCUT2D eigenvalue weighted by Crippen LogP contribution is 2.51. The van der Waals surface area contributed by atoms with E-state index in [9.17, 15) is 19.5 Å². The zero-order valence-electron chi connectivity index (χ0n) is 10.6. The summed E-state index contributed by atoms with van der Waals surface area (Å²) in [7, 11) is 0. The van der Waals surface area contributed by atoms with Crippen molar-refractivity contribution in [2.75, 3.05) is 0 Å². The van der Waals surface area contributed by atoms with Crippen LogP contribution in [0.1, 0.15) is 20.7 Å². The molecule has 4 unspecified atom stereocenters. The number of benzene rings is 1. The molecule has 1 aromatic rings. The predicted molar refractivity (Wildman–Crippen MR) is 73.9 cm³/mol. The molecule has 2 aliphatic carbocycles. The van der Waals surface area contributed by atoms with Gasteiger partial charge in [0.1, 0.15) is 6.10 Å². The third kappa shape index (κ3) is 1.36. The van der Waals surface area contributed by atoms with Crippen LogP contribution in [-0.4, -0.2) is 34.3 Å². The molecule has 2 heterocycles. The molecule has 1 saturated heterocycles. The van der Waals surface area contributed by atoms with Crippen LogP contribution in [-0.2, 0) is 9.53 Å². The van der Waals surface area contributed by atoms with Crippen LogP contribution in [0.2, 0.25) is 0 Å². The van der Waals surface area contributed by atoms with E-state index in [1.807, 2.05) is 0 Å². The monoisotopic (exact) mass is 348 g/mol. The Morgan fingerprint density at radius 1 is 1.10 bits per heavy atom.